The molecular formula is C13H15N3O3. The van der Waals surface area contributed by atoms with Crippen molar-refractivity contribution in [1.29, 1.82) is 0 Å². The molecular weight excluding hydrogens is 246 g/mol. The third kappa shape index (κ3) is 2.63. The van der Waals surface area contributed by atoms with Crippen molar-refractivity contribution in [2.75, 3.05) is 20.1 Å². The van der Waals surface area contributed by atoms with Gasteiger partial charge in [0.15, 0.2) is 0 Å². The van der Waals surface area contributed by atoms with Crippen molar-refractivity contribution in [1.82, 2.24) is 16.0 Å². The molecule has 3 N–H and O–H groups in total. The Morgan fingerprint density at radius 2 is 2.00 bits per heavy atom. The highest BCUT2D eigenvalue weighted by molar-refractivity contribution is 6.25. The Bertz CT molecular complexity index is 540. The van der Waals surface area contributed by atoms with E-state index in [0.717, 1.165) is 13.0 Å². The molecule has 19 heavy (non-hydrogen) atoms. The molecule has 3 amide bonds. The average molecular weight is 261 g/mol. The average Bonchev–Trinajstić information content (AvgIpc) is 2.70. The zero-order valence-corrected chi connectivity index (χ0v) is 10.6. The highest BCUT2D eigenvalue weighted by atomic mass is 16.2. The minimum absolute atomic E-state index is 0.165. The van der Waals surface area contributed by atoms with E-state index in [1.54, 1.807) is 12.1 Å². The zero-order valence-electron chi connectivity index (χ0n) is 10.6. The second-order valence-corrected chi connectivity index (χ2v) is 4.22. The fourth-order valence-corrected chi connectivity index (χ4v) is 1.97. The molecule has 0 saturated heterocycles. The molecule has 6 nitrogen and oxygen atoms in total. The molecule has 1 heterocycles. The Balaban J connectivity index is 2.15. The molecule has 1 aliphatic rings. The van der Waals surface area contributed by atoms with Gasteiger partial charge in [0.05, 0.1) is 16.7 Å². The van der Waals surface area contributed by atoms with Gasteiger partial charge < -0.3 is 10.6 Å². The predicted octanol–water partition coefficient (Wildman–Crippen LogP) is -0.0905. The van der Waals surface area contributed by atoms with Crippen molar-refractivity contribution < 1.29 is 14.4 Å². The number of fused-ring (bicyclic) bond motifs is 1. The van der Waals surface area contributed by atoms with Gasteiger partial charge in [-0.1, -0.05) is 6.07 Å². The Labute approximate surface area is 110 Å². The minimum Gasteiger partial charge on any atom is -0.352 e. The van der Waals surface area contributed by atoms with Gasteiger partial charge in [-0.05, 0) is 32.1 Å². The lowest BCUT2D eigenvalue weighted by molar-refractivity contribution is 0.0871. The molecule has 0 fully saturated rings. The molecule has 0 spiro atoms. The van der Waals surface area contributed by atoms with E-state index in [0.29, 0.717) is 6.54 Å². The lowest BCUT2D eigenvalue weighted by Gasteiger charge is -2.07. The fourth-order valence-electron chi connectivity index (χ4n) is 1.97. The van der Waals surface area contributed by atoms with Gasteiger partial charge in [0.1, 0.15) is 0 Å². The molecule has 1 aromatic carbocycles. The molecule has 0 saturated carbocycles. The first-order chi connectivity index (χ1) is 9.15. The molecule has 1 aliphatic heterocycles. The van der Waals surface area contributed by atoms with Gasteiger partial charge in [-0.25, -0.2) is 0 Å². The summed E-state index contributed by atoms with van der Waals surface area (Å²) in [6.45, 7) is 1.31. The zero-order chi connectivity index (χ0) is 13.8. The second kappa shape index (κ2) is 5.62. The maximum Gasteiger partial charge on any atom is 0.259 e. The predicted molar refractivity (Wildman–Crippen MR) is 69.1 cm³/mol. The quantitative estimate of drug-likeness (QED) is 0.510. The van der Waals surface area contributed by atoms with E-state index in [4.69, 9.17) is 0 Å². The van der Waals surface area contributed by atoms with Crippen LogP contribution in [0.3, 0.4) is 0 Å². The molecule has 1 aromatic rings. The van der Waals surface area contributed by atoms with E-state index in [-0.39, 0.29) is 22.6 Å². The first-order valence-corrected chi connectivity index (χ1v) is 6.06. The first kappa shape index (κ1) is 13.2. The summed E-state index contributed by atoms with van der Waals surface area (Å²) in [5, 5.41) is 7.89. The molecule has 0 unspecified atom stereocenters. The first-order valence-electron chi connectivity index (χ1n) is 6.06. The molecule has 6 heteroatoms. The summed E-state index contributed by atoms with van der Waals surface area (Å²) in [5.41, 5.74) is 0.664. The van der Waals surface area contributed by atoms with Crippen LogP contribution in [0.1, 0.15) is 37.5 Å². The van der Waals surface area contributed by atoms with Crippen molar-refractivity contribution in [2.24, 2.45) is 0 Å². The third-order valence-corrected chi connectivity index (χ3v) is 2.90. The van der Waals surface area contributed by atoms with Gasteiger partial charge in [0.2, 0.25) is 0 Å². The van der Waals surface area contributed by atoms with Gasteiger partial charge in [0, 0.05) is 6.54 Å². The van der Waals surface area contributed by atoms with E-state index >= 15 is 0 Å². The lowest BCUT2D eigenvalue weighted by Crippen LogP contribution is -2.28. The van der Waals surface area contributed by atoms with E-state index in [1.165, 1.54) is 6.07 Å². The second-order valence-electron chi connectivity index (χ2n) is 4.22. The maximum absolute atomic E-state index is 12.0. The highest BCUT2D eigenvalue weighted by Crippen LogP contribution is 2.19. The molecule has 2 rings (SSSR count). The van der Waals surface area contributed by atoms with Crippen LogP contribution in [0.25, 0.3) is 0 Å². The van der Waals surface area contributed by atoms with Crippen LogP contribution in [-0.2, 0) is 0 Å². The summed E-state index contributed by atoms with van der Waals surface area (Å²) in [4.78, 5) is 35.1. The number of nitrogens with one attached hydrogen (secondary N) is 3. The lowest BCUT2D eigenvalue weighted by atomic mass is 10.0. The van der Waals surface area contributed by atoms with Crippen LogP contribution in [-0.4, -0.2) is 37.9 Å². The monoisotopic (exact) mass is 261 g/mol. The van der Waals surface area contributed by atoms with Crippen molar-refractivity contribution >= 4 is 17.7 Å². The minimum atomic E-state index is -0.513. The van der Waals surface area contributed by atoms with Crippen molar-refractivity contribution in [2.45, 2.75) is 6.42 Å². The molecule has 0 aliphatic carbocycles. The smallest absolute Gasteiger partial charge is 0.259 e. The van der Waals surface area contributed by atoms with E-state index in [2.05, 4.69) is 16.0 Å². The van der Waals surface area contributed by atoms with Crippen LogP contribution in [0.15, 0.2) is 18.2 Å². The summed E-state index contributed by atoms with van der Waals surface area (Å²) in [7, 11) is 1.84. The Hall–Kier alpha value is -2.21. The van der Waals surface area contributed by atoms with Crippen molar-refractivity contribution in [3.63, 3.8) is 0 Å². The van der Waals surface area contributed by atoms with E-state index in [9.17, 15) is 14.4 Å². The van der Waals surface area contributed by atoms with Crippen molar-refractivity contribution in [3.8, 4) is 0 Å². The van der Waals surface area contributed by atoms with Crippen molar-refractivity contribution in [3.05, 3.63) is 34.9 Å². The largest absolute Gasteiger partial charge is 0.352 e. The van der Waals surface area contributed by atoms with Gasteiger partial charge in [-0.15, -0.1) is 0 Å². The van der Waals surface area contributed by atoms with Crippen LogP contribution >= 0.6 is 0 Å². The van der Waals surface area contributed by atoms with Crippen LogP contribution in [0, 0.1) is 0 Å². The number of amides is 3. The van der Waals surface area contributed by atoms with Crippen LogP contribution in [0.4, 0.5) is 0 Å². The number of rotatable bonds is 5. The molecule has 0 aromatic heterocycles. The summed E-state index contributed by atoms with van der Waals surface area (Å²) in [5.74, 6) is -1.30. The Morgan fingerprint density at radius 3 is 2.74 bits per heavy atom. The highest BCUT2D eigenvalue weighted by Gasteiger charge is 2.31. The number of benzene rings is 1. The number of carbonyl (C=O) groups is 3. The summed E-state index contributed by atoms with van der Waals surface area (Å²) < 4.78 is 0. The normalized spacial score (nSPS) is 13.1. The molecule has 0 atom stereocenters. The van der Waals surface area contributed by atoms with Gasteiger partial charge in [-0.2, -0.15) is 0 Å². The SMILES string of the molecule is CNCCCNC(=O)c1cccc2c1C(=O)NC2=O. The third-order valence-electron chi connectivity index (χ3n) is 2.90. The molecule has 0 bridgehead atoms. The fraction of sp³-hybridized carbons (Fsp3) is 0.308. The van der Waals surface area contributed by atoms with Crippen LogP contribution < -0.4 is 16.0 Å². The van der Waals surface area contributed by atoms with Gasteiger partial charge in [-0.3, -0.25) is 19.7 Å². The Morgan fingerprint density at radius 1 is 1.21 bits per heavy atom. The number of hydrogen-bond donors (Lipinski definition) is 3. The molecule has 100 valence electrons. The van der Waals surface area contributed by atoms with E-state index in [1.807, 2.05) is 7.05 Å². The maximum atomic E-state index is 12.0. The topological polar surface area (TPSA) is 87.3 Å². The standard InChI is InChI=1S/C13H15N3O3/c1-14-6-3-7-15-11(17)8-4-2-5-9-10(8)13(19)16-12(9)18/h2,4-5,14H,3,6-7H2,1H3,(H,15,17)(H,16,18,19). The summed E-state index contributed by atoms with van der Waals surface area (Å²) >= 11 is 0. The number of imide groups is 1. The summed E-state index contributed by atoms with van der Waals surface area (Å²) in [6, 6.07) is 4.68. The summed E-state index contributed by atoms with van der Waals surface area (Å²) in [6.07, 6.45) is 0.794. The van der Waals surface area contributed by atoms with Gasteiger partial charge >= 0.3 is 0 Å². The van der Waals surface area contributed by atoms with Crippen LogP contribution in [0.5, 0.6) is 0 Å². The molecule has 0 radical (unpaired) electrons. The Kier molecular flexibility index (Phi) is 3.91. The van der Waals surface area contributed by atoms with E-state index < -0.39 is 11.8 Å². The number of hydrogen-bond acceptors (Lipinski definition) is 4. The van der Waals surface area contributed by atoms with Crippen LogP contribution in [0.2, 0.25) is 0 Å². The number of carbonyl (C=O) groups excluding carboxylic acids is 3. The van der Waals surface area contributed by atoms with Gasteiger partial charge in [0.25, 0.3) is 17.7 Å².